The summed E-state index contributed by atoms with van der Waals surface area (Å²) in [4.78, 5) is 23.9. The fourth-order valence-corrected chi connectivity index (χ4v) is 1.79. The zero-order chi connectivity index (χ0) is 17.5. The lowest BCUT2D eigenvalue weighted by atomic mass is 10.2. The van der Waals surface area contributed by atoms with E-state index in [1.54, 1.807) is 12.1 Å². The van der Waals surface area contributed by atoms with Crippen molar-refractivity contribution in [1.29, 1.82) is 5.26 Å². The van der Waals surface area contributed by atoms with Gasteiger partial charge in [-0.2, -0.15) is 0 Å². The Morgan fingerprint density at radius 2 is 1.58 bits per heavy atom. The minimum absolute atomic E-state index is 0.232. The van der Waals surface area contributed by atoms with Gasteiger partial charge in [-0.25, -0.2) is 9.59 Å². The molecule has 0 fully saturated rings. The number of nitrogens with zero attached hydrogens (tertiary/aromatic N) is 1. The number of nitriles is 1. The monoisotopic (exact) mass is 325 g/mol. The number of rotatable bonds is 5. The summed E-state index contributed by atoms with van der Waals surface area (Å²) >= 11 is 0. The molecule has 1 unspecified atom stereocenters. The van der Waals surface area contributed by atoms with Crippen LogP contribution in [0.4, 0.5) is 0 Å². The van der Waals surface area contributed by atoms with E-state index in [0.29, 0.717) is 11.5 Å². The van der Waals surface area contributed by atoms with E-state index in [9.17, 15) is 9.59 Å². The molecule has 0 saturated heterocycles. The molecule has 1 atom stereocenters. The topological polar surface area (TPSA) is 85.6 Å². The third kappa shape index (κ3) is 4.58. The molecule has 0 aliphatic carbocycles. The lowest BCUT2D eigenvalue weighted by Crippen LogP contribution is -2.28. The Balaban J connectivity index is 1.93. The summed E-state index contributed by atoms with van der Waals surface area (Å²) < 4.78 is 14.8. The number of benzene rings is 2. The molecule has 6 nitrogen and oxygen atoms in total. The first-order valence-electron chi connectivity index (χ1n) is 7.15. The first-order chi connectivity index (χ1) is 11.5. The molecule has 0 N–H and O–H groups in total. The van der Waals surface area contributed by atoms with Crippen molar-refractivity contribution in [2.24, 2.45) is 0 Å². The molecule has 2 rings (SSSR count). The Morgan fingerprint density at radius 3 is 2.17 bits per heavy atom. The van der Waals surface area contributed by atoms with Gasteiger partial charge in [0.1, 0.15) is 11.5 Å². The van der Waals surface area contributed by atoms with Crippen molar-refractivity contribution >= 4 is 11.9 Å². The fraction of sp³-hybridized carbons (Fsp3) is 0.167. The van der Waals surface area contributed by atoms with Crippen molar-refractivity contribution in [2.75, 3.05) is 0 Å². The van der Waals surface area contributed by atoms with Crippen molar-refractivity contribution in [2.45, 2.75) is 20.0 Å². The van der Waals surface area contributed by atoms with Gasteiger partial charge in [-0.05, 0) is 50.2 Å². The second-order valence-electron chi connectivity index (χ2n) is 5.00. The van der Waals surface area contributed by atoms with Gasteiger partial charge in [-0.1, -0.05) is 17.7 Å². The van der Waals surface area contributed by atoms with E-state index in [1.165, 1.54) is 37.4 Å². The average Bonchev–Trinajstić information content (AvgIpc) is 2.57. The summed E-state index contributed by atoms with van der Waals surface area (Å²) in [5, 5.41) is 8.40. The van der Waals surface area contributed by atoms with Crippen LogP contribution in [-0.2, 0) is 9.53 Å². The van der Waals surface area contributed by atoms with E-state index in [4.69, 9.17) is 14.7 Å². The van der Waals surface area contributed by atoms with E-state index in [1.807, 2.05) is 19.1 Å². The van der Waals surface area contributed by atoms with Crippen LogP contribution in [0.2, 0.25) is 0 Å². The highest BCUT2D eigenvalue weighted by molar-refractivity contribution is 5.91. The number of ether oxygens (including phenoxy) is 3. The third-order valence-corrected chi connectivity index (χ3v) is 3.11. The SMILES string of the molecule is Cc1ccc(OC(=O)C(C)OC(=O)c2ccc(OC#N)cc2)cc1. The van der Waals surface area contributed by atoms with Crippen molar-refractivity contribution in [3.63, 3.8) is 0 Å². The van der Waals surface area contributed by atoms with Crippen molar-refractivity contribution < 1.29 is 23.8 Å². The Kier molecular flexibility index (Phi) is 5.53. The average molecular weight is 325 g/mol. The normalized spacial score (nSPS) is 11.0. The molecule has 6 heteroatoms. The third-order valence-electron chi connectivity index (χ3n) is 3.11. The van der Waals surface area contributed by atoms with Gasteiger partial charge in [0.25, 0.3) is 6.26 Å². The maximum Gasteiger partial charge on any atom is 0.352 e. The number of esters is 2. The van der Waals surface area contributed by atoms with Gasteiger partial charge in [0, 0.05) is 0 Å². The first-order valence-corrected chi connectivity index (χ1v) is 7.15. The van der Waals surface area contributed by atoms with Gasteiger partial charge in [0.05, 0.1) is 5.56 Å². The molecule has 2 aromatic rings. The maximum atomic E-state index is 12.0. The molecule has 24 heavy (non-hydrogen) atoms. The number of hydrogen-bond donors (Lipinski definition) is 0. The second kappa shape index (κ2) is 7.79. The Hall–Kier alpha value is -3.33. The smallest absolute Gasteiger partial charge is 0.352 e. The van der Waals surface area contributed by atoms with Crippen LogP contribution in [-0.4, -0.2) is 18.0 Å². The van der Waals surface area contributed by atoms with Crippen LogP contribution in [0, 0.1) is 18.4 Å². The summed E-state index contributed by atoms with van der Waals surface area (Å²) in [5.41, 5.74) is 1.27. The zero-order valence-electron chi connectivity index (χ0n) is 13.2. The molecule has 0 aliphatic rings. The molecule has 0 saturated carbocycles. The minimum atomic E-state index is -1.06. The number of aryl methyl sites for hydroxylation is 1. The van der Waals surface area contributed by atoms with E-state index >= 15 is 0 Å². The van der Waals surface area contributed by atoms with E-state index in [0.717, 1.165) is 5.56 Å². The number of hydrogen-bond acceptors (Lipinski definition) is 6. The van der Waals surface area contributed by atoms with Crippen molar-refractivity contribution in [3.8, 4) is 17.8 Å². The summed E-state index contributed by atoms with van der Waals surface area (Å²) in [7, 11) is 0. The lowest BCUT2D eigenvalue weighted by molar-refractivity contribution is -0.143. The van der Waals surface area contributed by atoms with E-state index in [2.05, 4.69) is 4.74 Å². The molecule has 0 bridgehead atoms. The predicted molar refractivity (Wildman–Crippen MR) is 84.4 cm³/mol. The second-order valence-corrected chi connectivity index (χ2v) is 5.00. The van der Waals surface area contributed by atoms with Gasteiger partial charge in [0.15, 0.2) is 6.10 Å². The van der Waals surface area contributed by atoms with E-state index < -0.39 is 18.0 Å². The molecule has 122 valence electrons. The molecule has 0 amide bonds. The highest BCUT2D eigenvalue weighted by Crippen LogP contribution is 2.15. The molecule has 0 aliphatic heterocycles. The van der Waals surface area contributed by atoms with Crippen LogP contribution in [0.15, 0.2) is 48.5 Å². The fourth-order valence-electron chi connectivity index (χ4n) is 1.79. The summed E-state index contributed by atoms with van der Waals surface area (Å²) in [6, 6.07) is 12.7. The van der Waals surface area contributed by atoms with Crippen LogP contribution in [0.1, 0.15) is 22.8 Å². The summed E-state index contributed by atoms with van der Waals surface area (Å²) in [5.74, 6) is -0.657. The molecule has 0 radical (unpaired) electrons. The predicted octanol–water partition coefficient (Wildman–Crippen LogP) is 3.01. The summed E-state index contributed by atoms with van der Waals surface area (Å²) in [6.07, 6.45) is 0.468. The van der Waals surface area contributed by atoms with Gasteiger partial charge < -0.3 is 14.2 Å². The quantitative estimate of drug-likeness (QED) is 0.477. The minimum Gasteiger partial charge on any atom is -0.447 e. The van der Waals surface area contributed by atoms with Crippen LogP contribution in [0.25, 0.3) is 0 Å². The summed E-state index contributed by atoms with van der Waals surface area (Å²) in [6.45, 7) is 3.35. The van der Waals surface area contributed by atoms with Gasteiger partial charge in [0.2, 0.25) is 0 Å². The van der Waals surface area contributed by atoms with Gasteiger partial charge in [-0.3, -0.25) is 0 Å². The van der Waals surface area contributed by atoms with Crippen LogP contribution in [0.5, 0.6) is 11.5 Å². The number of carbonyl (C=O) groups is 2. The highest BCUT2D eigenvalue weighted by atomic mass is 16.6. The lowest BCUT2D eigenvalue weighted by Gasteiger charge is -2.12. The van der Waals surface area contributed by atoms with Crippen molar-refractivity contribution in [1.82, 2.24) is 0 Å². The molecule has 2 aromatic carbocycles. The highest BCUT2D eigenvalue weighted by Gasteiger charge is 2.21. The van der Waals surface area contributed by atoms with E-state index in [-0.39, 0.29) is 5.56 Å². The Bertz CT molecular complexity index is 759. The number of carbonyl (C=O) groups excluding carboxylic acids is 2. The zero-order valence-corrected chi connectivity index (χ0v) is 13.2. The largest absolute Gasteiger partial charge is 0.447 e. The van der Waals surface area contributed by atoms with Gasteiger partial charge >= 0.3 is 11.9 Å². The van der Waals surface area contributed by atoms with Crippen LogP contribution in [0.3, 0.4) is 0 Å². The Morgan fingerprint density at radius 1 is 1.00 bits per heavy atom. The molecular formula is C18H15NO5. The molecule has 0 heterocycles. The van der Waals surface area contributed by atoms with Crippen LogP contribution >= 0.6 is 0 Å². The van der Waals surface area contributed by atoms with Crippen LogP contribution < -0.4 is 9.47 Å². The molecular weight excluding hydrogens is 310 g/mol. The van der Waals surface area contributed by atoms with Gasteiger partial charge in [-0.15, -0.1) is 5.26 Å². The standard InChI is InChI=1S/C18H15NO5/c1-12-3-7-16(8-4-12)24-17(20)13(2)23-18(21)14-5-9-15(10-6-14)22-11-19/h3-10,13H,1-2H3. The molecule has 0 aromatic heterocycles. The maximum absolute atomic E-state index is 12.0. The molecule has 0 spiro atoms. The first kappa shape index (κ1) is 17.0. The Labute approximate surface area is 139 Å². The van der Waals surface area contributed by atoms with Crippen molar-refractivity contribution in [3.05, 3.63) is 59.7 Å².